The summed E-state index contributed by atoms with van der Waals surface area (Å²) >= 11 is 0. The zero-order valence-electron chi connectivity index (χ0n) is 20.4. The van der Waals surface area contributed by atoms with E-state index >= 15 is 0 Å². The summed E-state index contributed by atoms with van der Waals surface area (Å²) in [7, 11) is -5.55. The maximum absolute atomic E-state index is 13.8. The molecule has 1 fully saturated rings. The van der Waals surface area contributed by atoms with Crippen molar-refractivity contribution < 1.29 is 21.6 Å². The highest BCUT2D eigenvalue weighted by Crippen LogP contribution is 2.40. The van der Waals surface area contributed by atoms with E-state index in [1.807, 2.05) is 18.2 Å². The van der Waals surface area contributed by atoms with Gasteiger partial charge >= 0.3 is 15.5 Å². The zero-order valence-corrected chi connectivity index (χ0v) is 21.2. The Hall–Kier alpha value is -2.92. The number of alkyl halides is 3. The fraction of sp³-hybridized carbons (Fsp3) is 0.462. The van der Waals surface area contributed by atoms with E-state index in [0.29, 0.717) is 34.3 Å². The molecular weight excluding hydrogens is 503 g/mol. The lowest BCUT2D eigenvalue weighted by atomic mass is 9.96. The van der Waals surface area contributed by atoms with Crippen LogP contribution in [0.25, 0.3) is 11.1 Å². The molecule has 2 aromatic heterocycles. The number of halogens is 3. The van der Waals surface area contributed by atoms with Crippen LogP contribution in [-0.2, 0) is 23.1 Å². The molecule has 1 aliphatic heterocycles. The number of aromatic nitrogens is 3. The topological polar surface area (TPSA) is 82.2 Å². The summed E-state index contributed by atoms with van der Waals surface area (Å²) in [5.41, 5.74) is -1.84. The molecule has 2 aliphatic rings. The molecule has 1 aliphatic carbocycles. The van der Waals surface area contributed by atoms with Crippen molar-refractivity contribution in [2.45, 2.75) is 63.2 Å². The van der Waals surface area contributed by atoms with Crippen molar-refractivity contribution in [2.75, 3.05) is 11.4 Å². The maximum atomic E-state index is 13.8. The Morgan fingerprint density at radius 3 is 2.46 bits per heavy atom. The van der Waals surface area contributed by atoms with Gasteiger partial charge in [-0.1, -0.05) is 37.8 Å². The molecule has 0 radical (unpaired) electrons. The lowest BCUT2D eigenvalue weighted by molar-refractivity contribution is -0.0492. The summed E-state index contributed by atoms with van der Waals surface area (Å²) in [6.07, 6.45) is 12.5. The summed E-state index contributed by atoms with van der Waals surface area (Å²) in [4.78, 5) is 13.3. The van der Waals surface area contributed by atoms with Crippen LogP contribution >= 0.6 is 0 Å². The largest absolute Gasteiger partial charge is 0.511 e. The van der Waals surface area contributed by atoms with E-state index in [2.05, 4.69) is 19.9 Å². The van der Waals surface area contributed by atoms with E-state index in [0.717, 1.165) is 36.2 Å². The Balaban J connectivity index is 1.63. The van der Waals surface area contributed by atoms with Crippen molar-refractivity contribution in [3.8, 4) is 11.1 Å². The quantitative estimate of drug-likeness (QED) is 0.435. The van der Waals surface area contributed by atoms with Crippen LogP contribution in [0.4, 0.5) is 18.9 Å². The third-order valence-corrected chi connectivity index (χ3v) is 9.10. The van der Waals surface area contributed by atoms with Gasteiger partial charge < -0.3 is 9.88 Å². The van der Waals surface area contributed by atoms with Crippen molar-refractivity contribution >= 4 is 15.7 Å². The Bertz CT molecular complexity index is 1290. The highest BCUT2D eigenvalue weighted by atomic mass is 32.2. The third-order valence-electron chi connectivity index (χ3n) is 7.55. The first kappa shape index (κ1) is 25.7. The molecule has 3 heterocycles. The second kappa shape index (κ2) is 10.4. The monoisotopic (exact) mass is 533 g/mol. The summed E-state index contributed by atoms with van der Waals surface area (Å²) in [6, 6.07) is 8.69. The number of rotatable bonds is 7. The molecule has 1 N–H and O–H groups in total. The molecule has 1 aromatic carbocycles. The van der Waals surface area contributed by atoms with Crippen molar-refractivity contribution in [1.29, 1.82) is 0 Å². The standard InChI is InChI=1S/C26H30F3N5O2S/c27-26(28,29)37(35,36)33-16-22(9-8-19-4-1-2-5-19)34(15-21-14-31-18-32-21)25-7-3-6-23(24(25)17-33)20-10-12-30-13-11-20/h3,6-7,10-14,18-19,22H,1-2,4-5,8-9,15-17H2,(H,31,32)/t22-/m1/s1. The van der Waals surface area contributed by atoms with E-state index in [1.165, 1.54) is 12.8 Å². The number of H-pyrrole nitrogens is 1. The minimum atomic E-state index is -5.55. The predicted octanol–water partition coefficient (Wildman–Crippen LogP) is 5.48. The number of pyridine rings is 1. The number of fused-ring (bicyclic) bond motifs is 1. The van der Waals surface area contributed by atoms with Crippen LogP contribution in [0, 0.1) is 5.92 Å². The van der Waals surface area contributed by atoms with Gasteiger partial charge in [0.1, 0.15) is 0 Å². The number of anilines is 1. The molecule has 1 atom stereocenters. The molecule has 0 bridgehead atoms. The fourth-order valence-electron chi connectivity index (χ4n) is 5.66. The van der Waals surface area contributed by atoms with Gasteiger partial charge in [0.15, 0.2) is 0 Å². The van der Waals surface area contributed by atoms with Gasteiger partial charge in [-0.05, 0) is 53.6 Å². The van der Waals surface area contributed by atoms with E-state index in [9.17, 15) is 21.6 Å². The Kier molecular flexibility index (Phi) is 7.26. The van der Waals surface area contributed by atoms with Crippen molar-refractivity contribution in [3.05, 3.63) is 66.5 Å². The average molecular weight is 534 g/mol. The van der Waals surface area contributed by atoms with Crippen LogP contribution in [0.3, 0.4) is 0 Å². The van der Waals surface area contributed by atoms with Crippen LogP contribution < -0.4 is 4.90 Å². The first-order valence-electron chi connectivity index (χ1n) is 12.6. The van der Waals surface area contributed by atoms with Gasteiger partial charge in [-0.25, -0.2) is 13.4 Å². The minimum Gasteiger partial charge on any atom is -0.361 e. The first-order valence-corrected chi connectivity index (χ1v) is 14.0. The first-order chi connectivity index (χ1) is 17.7. The van der Waals surface area contributed by atoms with Gasteiger partial charge in [0.25, 0.3) is 0 Å². The minimum absolute atomic E-state index is 0.243. The molecule has 5 rings (SSSR count). The van der Waals surface area contributed by atoms with Gasteiger partial charge in [0.2, 0.25) is 0 Å². The Morgan fingerprint density at radius 2 is 1.78 bits per heavy atom. The van der Waals surface area contributed by atoms with Gasteiger partial charge in [-0.15, -0.1) is 0 Å². The van der Waals surface area contributed by atoms with E-state index in [1.54, 1.807) is 37.1 Å². The number of sulfonamides is 1. The summed E-state index contributed by atoms with van der Waals surface area (Å²) in [5.74, 6) is 0.521. The van der Waals surface area contributed by atoms with Crippen LogP contribution in [0.15, 0.2) is 55.2 Å². The molecule has 37 heavy (non-hydrogen) atoms. The van der Waals surface area contributed by atoms with E-state index < -0.39 is 21.6 Å². The van der Waals surface area contributed by atoms with Crippen LogP contribution in [0.1, 0.15) is 49.8 Å². The number of aromatic amines is 1. The van der Waals surface area contributed by atoms with Crippen LogP contribution in [0.5, 0.6) is 0 Å². The number of hydrogen-bond acceptors (Lipinski definition) is 5. The summed E-state index contributed by atoms with van der Waals surface area (Å²) < 4.78 is 67.8. The lowest BCUT2D eigenvalue weighted by Gasteiger charge is -2.34. The summed E-state index contributed by atoms with van der Waals surface area (Å²) in [6.45, 7) is -0.232. The molecule has 11 heteroatoms. The molecule has 0 saturated heterocycles. The molecule has 0 spiro atoms. The van der Waals surface area contributed by atoms with E-state index in [-0.39, 0.29) is 13.1 Å². The highest BCUT2D eigenvalue weighted by molar-refractivity contribution is 7.89. The second-order valence-electron chi connectivity index (χ2n) is 9.87. The van der Waals surface area contributed by atoms with Gasteiger partial charge in [-0.2, -0.15) is 17.5 Å². The van der Waals surface area contributed by atoms with Gasteiger partial charge in [0, 0.05) is 43.4 Å². The molecule has 0 unspecified atom stereocenters. The molecule has 198 valence electrons. The average Bonchev–Trinajstić information content (AvgIpc) is 3.56. The van der Waals surface area contributed by atoms with E-state index in [4.69, 9.17) is 0 Å². The van der Waals surface area contributed by atoms with Gasteiger partial charge in [-0.3, -0.25) is 4.98 Å². The number of benzene rings is 1. The Labute approximate surface area is 214 Å². The normalized spacial score (nSPS) is 19.6. The maximum Gasteiger partial charge on any atom is 0.511 e. The number of nitrogens with one attached hydrogen (secondary N) is 1. The highest BCUT2D eigenvalue weighted by Gasteiger charge is 2.51. The smallest absolute Gasteiger partial charge is 0.361 e. The molecule has 7 nitrogen and oxygen atoms in total. The van der Waals surface area contributed by atoms with Crippen molar-refractivity contribution in [2.24, 2.45) is 5.92 Å². The molecule has 0 amide bonds. The molecule has 1 saturated carbocycles. The SMILES string of the molecule is O=S(=O)(N1Cc2c(-c3ccncc3)cccc2N(Cc2cnc[nH]2)[C@H](CCC2CCCC2)C1)C(F)(F)F. The van der Waals surface area contributed by atoms with Gasteiger partial charge in [0.05, 0.1) is 18.6 Å². The van der Waals surface area contributed by atoms with Crippen LogP contribution in [0.2, 0.25) is 0 Å². The molecular formula is C26H30F3N5O2S. The lowest BCUT2D eigenvalue weighted by Crippen LogP contribution is -2.47. The third kappa shape index (κ3) is 5.38. The second-order valence-corrected chi connectivity index (χ2v) is 11.8. The Morgan fingerprint density at radius 1 is 1.03 bits per heavy atom. The summed E-state index contributed by atoms with van der Waals surface area (Å²) in [5, 5.41) is 0. The fourth-order valence-corrected chi connectivity index (χ4v) is 6.62. The number of hydrogen-bond donors (Lipinski definition) is 1. The number of imidazole rings is 1. The number of nitrogens with zero attached hydrogens (tertiary/aromatic N) is 4. The zero-order chi connectivity index (χ0) is 26.0. The van der Waals surface area contributed by atoms with Crippen LogP contribution in [-0.4, -0.2) is 45.8 Å². The predicted molar refractivity (Wildman–Crippen MR) is 135 cm³/mol. The molecule has 3 aromatic rings. The van der Waals surface area contributed by atoms with Crippen molar-refractivity contribution in [3.63, 3.8) is 0 Å². The van der Waals surface area contributed by atoms with Crippen molar-refractivity contribution in [1.82, 2.24) is 19.3 Å².